The van der Waals surface area contributed by atoms with Crippen LogP contribution in [0, 0.1) is 0 Å². The lowest BCUT2D eigenvalue weighted by Crippen LogP contribution is -2.15. The van der Waals surface area contributed by atoms with Crippen molar-refractivity contribution in [2.24, 2.45) is 10.2 Å². The summed E-state index contributed by atoms with van der Waals surface area (Å²) in [5, 5.41) is 8.88. The zero-order valence-electron chi connectivity index (χ0n) is 15.2. The normalized spacial score (nSPS) is 12.3. The topological polar surface area (TPSA) is 29.6 Å². The highest BCUT2D eigenvalue weighted by molar-refractivity contribution is 7.16. The fourth-order valence-corrected chi connectivity index (χ4v) is 3.99. The molecule has 0 N–H and O–H groups in total. The maximum absolute atomic E-state index is 4.53. The van der Waals surface area contributed by atoms with Gasteiger partial charge in [-0.1, -0.05) is 85.0 Å². The zero-order valence-corrected chi connectivity index (χ0v) is 16.1. The van der Waals surface area contributed by atoms with Crippen LogP contribution in [0.2, 0.25) is 0 Å². The molecular weight excluding hydrogens is 350 g/mol. The Bertz CT molecular complexity index is 1120. The second-order valence-electron chi connectivity index (χ2n) is 6.36. The Morgan fingerprint density at radius 2 is 1.59 bits per heavy atom. The number of fused-ring (bicyclic) bond motifs is 1. The van der Waals surface area contributed by atoms with Crippen molar-refractivity contribution in [2.75, 3.05) is 0 Å². The van der Waals surface area contributed by atoms with Crippen molar-refractivity contribution in [2.45, 2.75) is 19.9 Å². The Labute approximate surface area is 163 Å². The van der Waals surface area contributed by atoms with Crippen LogP contribution in [-0.4, -0.2) is 10.8 Å². The molecule has 0 fully saturated rings. The van der Waals surface area contributed by atoms with Gasteiger partial charge in [0.05, 0.1) is 23.0 Å². The molecule has 0 bridgehead atoms. The van der Waals surface area contributed by atoms with E-state index >= 15 is 0 Å². The van der Waals surface area contributed by atoms with E-state index in [0.29, 0.717) is 0 Å². The molecule has 3 aromatic carbocycles. The van der Waals surface area contributed by atoms with Crippen molar-refractivity contribution >= 4 is 27.8 Å². The van der Waals surface area contributed by atoms with Crippen LogP contribution in [0.25, 0.3) is 10.2 Å². The molecule has 0 amide bonds. The van der Waals surface area contributed by atoms with Crippen molar-refractivity contribution < 1.29 is 0 Å². The van der Waals surface area contributed by atoms with Crippen LogP contribution in [0.5, 0.6) is 0 Å². The summed E-state index contributed by atoms with van der Waals surface area (Å²) < 4.78 is 3.45. The second-order valence-corrected chi connectivity index (χ2v) is 7.37. The fraction of sp³-hybridized carbons (Fsp3) is 0.130. The first-order valence-electron chi connectivity index (χ1n) is 9.12. The van der Waals surface area contributed by atoms with Gasteiger partial charge >= 0.3 is 0 Å². The van der Waals surface area contributed by atoms with Gasteiger partial charge in [-0.15, -0.1) is 5.10 Å². The summed E-state index contributed by atoms with van der Waals surface area (Å²) in [5.41, 5.74) is 4.83. The quantitative estimate of drug-likeness (QED) is 0.339. The van der Waals surface area contributed by atoms with Crippen LogP contribution in [0.3, 0.4) is 0 Å². The number of thiazole rings is 1. The molecular formula is C23H21N3S. The minimum atomic E-state index is 0.782. The molecule has 0 saturated carbocycles. The summed E-state index contributed by atoms with van der Waals surface area (Å²) in [6.07, 6.45) is 2.86. The molecule has 1 aromatic heterocycles. The van der Waals surface area contributed by atoms with E-state index in [1.165, 1.54) is 21.3 Å². The zero-order chi connectivity index (χ0) is 18.5. The highest BCUT2D eigenvalue weighted by Gasteiger charge is 2.06. The minimum absolute atomic E-state index is 0.782. The average molecular weight is 372 g/mol. The molecule has 0 aliphatic carbocycles. The lowest BCUT2D eigenvalue weighted by molar-refractivity contribution is 0.789. The highest BCUT2D eigenvalue weighted by Crippen LogP contribution is 2.18. The fourth-order valence-electron chi connectivity index (χ4n) is 3.00. The Hall–Kier alpha value is -2.98. The first-order chi connectivity index (χ1) is 13.3. The van der Waals surface area contributed by atoms with Gasteiger partial charge < -0.3 is 4.57 Å². The molecule has 0 aliphatic rings. The van der Waals surface area contributed by atoms with Crippen molar-refractivity contribution in [3.8, 4) is 0 Å². The average Bonchev–Trinajstić information content (AvgIpc) is 3.07. The number of rotatable bonds is 5. The number of aryl methyl sites for hydroxylation is 1. The van der Waals surface area contributed by atoms with Crippen molar-refractivity contribution in [3.63, 3.8) is 0 Å². The van der Waals surface area contributed by atoms with E-state index in [4.69, 9.17) is 0 Å². The lowest BCUT2D eigenvalue weighted by atomic mass is 10.1. The molecule has 27 heavy (non-hydrogen) atoms. The van der Waals surface area contributed by atoms with Gasteiger partial charge in [-0.25, -0.2) is 0 Å². The van der Waals surface area contributed by atoms with E-state index in [-0.39, 0.29) is 0 Å². The summed E-state index contributed by atoms with van der Waals surface area (Å²) in [6, 6.07) is 27.3. The molecule has 0 spiro atoms. The highest BCUT2D eigenvalue weighted by atomic mass is 32.1. The first-order valence-corrected chi connectivity index (χ1v) is 9.93. The van der Waals surface area contributed by atoms with E-state index in [9.17, 15) is 0 Å². The second kappa shape index (κ2) is 8.14. The van der Waals surface area contributed by atoms with E-state index in [1.54, 1.807) is 11.3 Å². The van der Waals surface area contributed by atoms with E-state index in [0.717, 1.165) is 23.3 Å². The lowest BCUT2D eigenvalue weighted by Gasteiger charge is -2.04. The Kier molecular flexibility index (Phi) is 5.26. The third kappa shape index (κ3) is 4.07. The molecule has 0 saturated heterocycles. The third-order valence-corrected chi connectivity index (χ3v) is 5.56. The summed E-state index contributed by atoms with van der Waals surface area (Å²) in [6.45, 7) is 2.94. The van der Waals surface area contributed by atoms with Gasteiger partial charge in [0.1, 0.15) is 0 Å². The van der Waals surface area contributed by atoms with Gasteiger partial charge in [-0.2, -0.15) is 5.10 Å². The summed E-state index contributed by atoms with van der Waals surface area (Å²) >= 11 is 1.67. The standard InChI is InChI=1S/C23H21N3S/c1-2-18-12-14-19(15-13-18)16-24-25-23-26(17-20-8-4-3-5-9-20)21-10-6-7-11-22(21)27-23/h3-16H,2,17H2,1H3/b24-16-,25-23+. The largest absolute Gasteiger partial charge is 0.311 e. The number of nitrogens with zero attached hydrogens (tertiary/aromatic N) is 3. The SMILES string of the molecule is CCc1ccc(/C=N\N=c2\sc3ccccc3n2Cc2ccccc2)cc1. The number of hydrogen-bond acceptors (Lipinski definition) is 3. The van der Waals surface area contributed by atoms with Crippen molar-refractivity contribution in [1.29, 1.82) is 0 Å². The molecule has 3 nitrogen and oxygen atoms in total. The van der Waals surface area contributed by atoms with Crippen LogP contribution in [0.4, 0.5) is 0 Å². The van der Waals surface area contributed by atoms with E-state index in [2.05, 4.69) is 94.5 Å². The number of aromatic nitrogens is 1. The monoisotopic (exact) mass is 371 g/mol. The number of para-hydroxylation sites is 1. The van der Waals surface area contributed by atoms with Crippen LogP contribution in [0.15, 0.2) is 89.1 Å². The maximum atomic E-state index is 4.53. The molecule has 0 radical (unpaired) electrons. The van der Waals surface area contributed by atoms with Gasteiger partial charge in [0.25, 0.3) is 0 Å². The molecule has 0 atom stereocenters. The van der Waals surface area contributed by atoms with Crippen LogP contribution in [0.1, 0.15) is 23.6 Å². The minimum Gasteiger partial charge on any atom is -0.311 e. The summed E-state index contributed by atoms with van der Waals surface area (Å²) in [5.74, 6) is 0. The molecule has 134 valence electrons. The molecule has 1 heterocycles. The van der Waals surface area contributed by atoms with Crippen LogP contribution in [-0.2, 0) is 13.0 Å². The van der Waals surface area contributed by atoms with Crippen LogP contribution < -0.4 is 4.80 Å². The van der Waals surface area contributed by atoms with Crippen molar-refractivity contribution in [1.82, 2.24) is 4.57 Å². The molecule has 0 unspecified atom stereocenters. The molecule has 4 aromatic rings. The summed E-state index contributed by atoms with van der Waals surface area (Å²) in [7, 11) is 0. The predicted octanol–water partition coefficient (Wildman–Crippen LogP) is 5.25. The van der Waals surface area contributed by atoms with Gasteiger partial charge in [-0.3, -0.25) is 0 Å². The summed E-state index contributed by atoms with van der Waals surface area (Å²) in [4.78, 5) is 0.904. The van der Waals surface area contributed by atoms with Gasteiger partial charge in [0.15, 0.2) is 0 Å². The van der Waals surface area contributed by atoms with E-state index < -0.39 is 0 Å². The smallest absolute Gasteiger partial charge is 0.211 e. The molecule has 4 heteroatoms. The Balaban J connectivity index is 1.70. The number of hydrogen-bond donors (Lipinski definition) is 0. The Morgan fingerprint density at radius 3 is 2.37 bits per heavy atom. The number of benzene rings is 3. The van der Waals surface area contributed by atoms with Gasteiger partial charge in [-0.05, 0) is 35.2 Å². The van der Waals surface area contributed by atoms with Crippen LogP contribution >= 0.6 is 11.3 Å². The van der Waals surface area contributed by atoms with Gasteiger partial charge in [0, 0.05) is 0 Å². The van der Waals surface area contributed by atoms with Crippen molar-refractivity contribution in [3.05, 3.63) is 100 Å². The Morgan fingerprint density at radius 1 is 0.852 bits per heavy atom. The van der Waals surface area contributed by atoms with Gasteiger partial charge in [0.2, 0.25) is 4.80 Å². The predicted molar refractivity (Wildman–Crippen MR) is 114 cm³/mol. The molecule has 4 rings (SSSR count). The third-order valence-electron chi connectivity index (χ3n) is 4.51. The van der Waals surface area contributed by atoms with E-state index in [1.807, 2.05) is 12.3 Å². The molecule has 0 aliphatic heterocycles. The first kappa shape index (κ1) is 17.4. The maximum Gasteiger partial charge on any atom is 0.211 e.